The molecule has 3 rings (SSSR count). The van der Waals surface area contributed by atoms with Gasteiger partial charge in [0.2, 0.25) is 5.91 Å². The molecule has 6 heteroatoms. The van der Waals surface area contributed by atoms with Gasteiger partial charge < -0.3 is 19.5 Å². The molecule has 0 aliphatic rings. The molecule has 0 aliphatic carbocycles. The largest absolute Gasteiger partial charge is 0.490 e. The predicted octanol–water partition coefficient (Wildman–Crippen LogP) is 4.71. The second-order valence-electron chi connectivity index (χ2n) is 6.29. The minimum Gasteiger partial charge on any atom is -0.490 e. The van der Waals surface area contributed by atoms with Gasteiger partial charge in [0.05, 0.1) is 5.69 Å². The van der Waals surface area contributed by atoms with Gasteiger partial charge in [0, 0.05) is 6.42 Å². The Balaban J connectivity index is 1.64. The van der Waals surface area contributed by atoms with E-state index in [9.17, 15) is 9.59 Å². The second-order valence-corrected chi connectivity index (χ2v) is 6.29. The average molecular weight is 405 g/mol. The van der Waals surface area contributed by atoms with Crippen molar-refractivity contribution < 1.29 is 23.8 Å². The van der Waals surface area contributed by atoms with Crippen LogP contribution in [0.3, 0.4) is 0 Å². The summed E-state index contributed by atoms with van der Waals surface area (Å²) in [6, 6.07) is 23.0. The highest BCUT2D eigenvalue weighted by molar-refractivity contribution is 5.96. The smallest absolute Gasteiger partial charge is 0.347 e. The Labute approximate surface area is 175 Å². The van der Waals surface area contributed by atoms with Crippen LogP contribution in [0, 0.1) is 0 Å². The second kappa shape index (κ2) is 10.7. The number of anilines is 1. The van der Waals surface area contributed by atoms with Crippen molar-refractivity contribution in [2.24, 2.45) is 0 Å². The molecule has 154 valence electrons. The van der Waals surface area contributed by atoms with E-state index in [1.165, 1.54) is 0 Å². The van der Waals surface area contributed by atoms with E-state index in [4.69, 9.17) is 14.2 Å². The number of amides is 1. The maximum Gasteiger partial charge on any atom is 0.347 e. The molecule has 0 heterocycles. The van der Waals surface area contributed by atoms with Crippen molar-refractivity contribution in [1.82, 2.24) is 0 Å². The number of carbonyl (C=O) groups excluding carboxylic acids is 2. The third kappa shape index (κ3) is 5.85. The molecule has 0 bridgehead atoms. The van der Waals surface area contributed by atoms with Crippen LogP contribution < -0.4 is 19.5 Å². The molecule has 0 fully saturated rings. The van der Waals surface area contributed by atoms with Crippen LogP contribution in [0.2, 0.25) is 0 Å². The normalized spacial score (nSPS) is 10.2. The van der Waals surface area contributed by atoms with Gasteiger partial charge in [-0.2, -0.15) is 0 Å². The summed E-state index contributed by atoms with van der Waals surface area (Å²) in [6.07, 6.45) is 0.323. The first-order valence-corrected chi connectivity index (χ1v) is 9.68. The first kappa shape index (κ1) is 20.9. The Bertz CT molecular complexity index is 988. The summed E-state index contributed by atoms with van der Waals surface area (Å²) in [4.78, 5) is 24.5. The molecule has 0 radical (unpaired) electrons. The summed E-state index contributed by atoms with van der Waals surface area (Å²) < 4.78 is 16.9. The maximum atomic E-state index is 12.8. The quantitative estimate of drug-likeness (QED) is 0.317. The number of para-hydroxylation sites is 4. The summed E-state index contributed by atoms with van der Waals surface area (Å²) in [7, 11) is 0. The SMILES string of the molecule is CCC(=O)Nc1ccccc1OC(=O)c1ccccc1OCCOc1ccccc1. The maximum absolute atomic E-state index is 12.8. The number of ether oxygens (including phenoxy) is 3. The van der Waals surface area contributed by atoms with Crippen LogP contribution in [0.4, 0.5) is 5.69 Å². The first-order valence-electron chi connectivity index (χ1n) is 9.68. The fraction of sp³-hybridized carbons (Fsp3) is 0.167. The number of hydrogen-bond donors (Lipinski definition) is 1. The van der Waals surface area contributed by atoms with Crippen molar-refractivity contribution in [2.45, 2.75) is 13.3 Å². The van der Waals surface area contributed by atoms with Gasteiger partial charge >= 0.3 is 5.97 Å². The molecule has 3 aromatic carbocycles. The number of rotatable bonds is 9. The molecule has 1 amide bonds. The minimum atomic E-state index is -0.576. The summed E-state index contributed by atoms with van der Waals surface area (Å²) >= 11 is 0. The highest BCUT2D eigenvalue weighted by Gasteiger charge is 2.17. The number of esters is 1. The van der Waals surface area contributed by atoms with Crippen LogP contribution >= 0.6 is 0 Å². The molecule has 0 saturated heterocycles. The highest BCUT2D eigenvalue weighted by Crippen LogP contribution is 2.27. The van der Waals surface area contributed by atoms with E-state index < -0.39 is 5.97 Å². The molecule has 0 spiro atoms. The Hall–Kier alpha value is -3.80. The highest BCUT2D eigenvalue weighted by atomic mass is 16.5. The molecular formula is C24H23NO5. The lowest BCUT2D eigenvalue weighted by atomic mass is 10.2. The molecule has 0 aromatic heterocycles. The van der Waals surface area contributed by atoms with Crippen molar-refractivity contribution >= 4 is 17.6 Å². The van der Waals surface area contributed by atoms with Crippen LogP contribution in [0.5, 0.6) is 17.2 Å². The number of nitrogens with one attached hydrogen (secondary N) is 1. The summed E-state index contributed by atoms with van der Waals surface area (Å²) in [5.74, 6) is 0.675. The number of carbonyl (C=O) groups is 2. The third-order valence-corrected chi connectivity index (χ3v) is 4.14. The molecule has 1 N–H and O–H groups in total. The fourth-order valence-electron chi connectivity index (χ4n) is 2.64. The van der Waals surface area contributed by atoms with E-state index in [0.29, 0.717) is 24.5 Å². The lowest BCUT2D eigenvalue weighted by molar-refractivity contribution is -0.115. The van der Waals surface area contributed by atoms with Gasteiger partial charge in [-0.25, -0.2) is 4.79 Å². The molecular weight excluding hydrogens is 382 g/mol. The Kier molecular flexibility index (Phi) is 7.44. The molecule has 0 aliphatic heterocycles. The molecule has 3 aromatic rings. The zero-order valence-electron chi connectivity index (χ0n) is 16.7. The summed E-state index contributed by atoms with van der Waals surface area (Å²) in [5, 5.41) is 2.73. The van der Waals surface area contributed by atoms with Gasteiger partial charge in [0.1, 0.15) is 30.3 Å². The topological polar surface area (TPSA) is 73.9 Å². The first-order chi connectivity index (χ1) is 14.7. The lowest BCUT2D eigenvalue weighted by Gasteiger charge is -2.13. The van der Waals surface area contributed by atoms with Crippen LogP contribution in [0.1, 0.15) is 23.7 Å². The Morgan fingerprint density at radius 2 is 1.40 bits per heavy atom. The zero-order chi connectivity index (χ0) is 21.2. The van der Waals surface area contributed by atoms with E-state index in [0.717, 1.165) is 5.75 Å². The van der Waals surface area contributed by atoms with Gasteiger partial charge in [-0.05, 0) is 36.4 Å². The van der Waals surface area contributed by atoms with Crippen molar-refractivity contribution in [3.05, 3.63) is 84.4 Å². The van der Waals surface area contributed by atoms with E-state index in [2.05, 4.69) is 5.32 Å². The van der Waals surface area contributed by atoms with Crippen LogP contribution in [-0.2, 0) is 4.79 Å². The monoisotopic (exact) mass is 405 g/mol. The summed E-state index contributed by atoms with van der Waals surface area (Å²) in [6.45, 7) is 2.35. The Morgan fingerprint density at radius 3 is 2.17 bits per heavy atom. The van der Waals surface area contributed by atoms with Gasteiger partial charge in [-0.1, -0.05) is 49.4 Å². The summed E-state index contributed by atoms with van der Waals surface area (Å²) in [5.41, 5.74) is 0.723. The van der Waals surface area contributed by atoms with Crippen molar-refractivity contribution in [1.29, 1.82) is 0 Å². The van der Waals surface area contributed by atoms with Gasteiger partial charge in [-0.3, -0.25) is 4.79 Å². The standard InChI is InChI=1S/C24H23NO5/c1-2-23(26)25-20-13-7-9-15-22(20)30-24(27)19-12-6-8-14-21(19)29-17-16-28-18-10-4-3-5-11-18/h3-15H,2,16-17H2,1H3,(H,25,26). The third-order valence-electron chi connectivity index (χ3n) is 4.14. The number of benzene rings is 3. The molecule has 6 nitrogen and oxygen atoms in total. The van der Waals surface area contributed by atoms with E-state index in [-0.39, 0.29) is 23.8 Å². The number of hydrogen-bond acceptors (Lipinski definition) is 5. The zero-order valence-corrected chi connectivity index (χ0v) is 16.7. The molecule has 0 saturated carbocycles. The fourth-order valence-corrected chi connectivity index (χ4v) is 2.64. The van der Waals surface area contributed by atoms with Crippen LogP contribution in [0.15, 0.2) is 78.9 Å². The van der Waals surface area contributed by atoms with E-state index >= 15 is 0 Å². The molecule has 0 unspecified atom stereocenters. The van der Waals surface area contributed by atoms with Crippen molar-refractivity contribution in [3.63, 3.8) is 0 Å². The van der Waals surface area contributed by atoms with Gasteiger partial charge in [0.25, 0.3) is 0 Å². The van der Waals surface area contributed by atoms with Gasteiger partial charge in [-0.15, -0.1) is 0 Å². The van der Waals surface area contributed by atoms with Gasteiger partial charge in [0.15, 0.2) is 5.75 Å². The van der Waals surface area contributed by atoms with Crippen molar-refractivity contribution in [2.75, 3.05) is 18.5 Å². The predicted molar refractivity (Wildman–Crippen MR) is 114 cm³/mol. The van der Waals surface area contributed by atoms with Crippen LogP contribution in [-0.4, -0.2) is 25.1 Å². The van der Waals surface area contributed by atoms with E-state index in [1.807, 2.05) is 30.3 Å². The minimum absolute atomic E-state index is 0.166. The van der Waals surface area contributed by atoms with E-state index in [1.54, 1.807) is 55.5 Å². The lowest BCUT2D eigenvalue weighted by Crippen LogP contribution is -2.15. The van der Waals surface area contributed by atoms with Crippen molar-refractivity contribution in [3.8, 4) is 17.2 Å². The Morgan fingerprint density at radius 1 is 0.767 bits per heavy atom. The average Bonchev–Trinajstić information content (AvgIpc) is 2.79. The molecule has 30 heavy (non-hydrogen) atoms. The molecule has 0 atom stereocenters. The van der Waals surface area contributed by atoms with Crippen LogP contribution in [0.25, 0.3) is 0 Å².